The first-order valence-corrected chi connectivity index (χ1v) is 26.7. The minimum atomic E-state index is -2.47. The molecule has 17 heteroatoms. The molecule has 5 rings (SSSR count). The Morgan fingerprint density at radius 3 is 1.81 bits per heavy atom. The van der Waals surface area contributed by atoms with Crippen molar-refractivity contribution in [1.29, 1.82) is 0 Å². The summed E-state index contributed by atoms with van der Waals surface area (Å²) >= 11 is 0. The SMILES string of the molecule is CC(C)COC(=O)[C@H](CC(=O)OC1=CC[C@@]2(OC(=O)C[C@H](NC(=O)OC(C)(C)C)C(=O)OCC(C)C)[C@H]3Cc4ccc(O[Si](C)(C)C(C)(C)C)c5c4[C@@]2(CCC3C)[C@H]1O5)NC(=O)OC(C)(C)C. The van der Waals surface area contributed by atoms with Crippen LogP contribution in [0.3, 0.4) is 0 Å². The van der Waals surface area contributed by atoms with Crippen molar-refractivity contribution >= 4 is 44.4 Å². The van der Waals surface area contributed by atoms with Crippen LogP contribution in [0.15, 0.2) is 24.0 Å². The van der Waals surface area contributed by atoms with Gasteiger partial charge in [0.05, 0.1) is 31.5 Å². The molecule has 1 fully saturated rings. The van der Waals surface area contributed by atoms with E-state index in [2.05, 4.69) is 57.5 Å². The van der Waals surface area contributed by atoms with Gasteiger partial charge in [-0.15, -0.1) is 0 Å². The first-order chi connectivity index (χ1) is 30.8. The normalized spacial score (nSPS) is 23.9. The number of esters is 4. The first-order valence-electron chi connectivity index (χ1n) is 23.8. The van der Waals surface area contributed by atoms with E-state index < -0.39 is 97.6 Å². The molecule has 4 aliphatic rings. The third-order valence-electron chi connectivity index (χ3n) is 13.2. The Bertz CT molecular complexity index is 2100. The molecule has 1 heterocycles. The number of hydrogen-bond donors (Lipinski definition) is 2. The average Bonchev–Trinajstić information content (AvgIpc) is 3.53. The zero-order valence-corrected chi connectivity index (χ0v) is 43.6. The van der Waals surface area contributed by atoms with Crippen molar-refractivity contribution in [3.63, 3.8) is 0 Å². The Morgan fingerprint density at radius 1 is 0.791 bits per heavy atom. The standard InChI is InChI=1S/C50H76N2O14Si/c1-28(2)26-59-42(55)33(51-44(57)64-46(6,7)8)24-37(53)61-36-20-22-50(63-38(54)25-34(43(56)60-27-29(3)4)52-45(58)65-47(9,10)11)32-23-31-17-18-35(66-67(15,16)48(12,13)14)40-39(31)49(50,41(36)62-40)21-19-30(32)5/h17-18,20,28-30,32-34,41H,19,21-27H2,1-16H3,(H,51,57)(H,52,58)/t30?,32-,33-,34-,41-,49-,50+/m0/s1. The molecule has 1 aliphatic heterocycles. The summed E-state index contributed by atoms with van der Waals surface area (Å²) in [6.07, 6.45) is -0.464. The number of amides is 2. The largest absolute Gasteiger partial charge is 0.541 e. The highest BCUT2D eigenvalue weighted by molar-refractivity contribution is 6.74. The lowest BCUT2D eigenvalue weighted by Gasteiger charge is -2.62. The van der Waals surface area contributed by atoms with E-state index in [-0.39, 0.29) is 54.1 Å². The highest BCUT2D eigenvalue weighted by atomic mass is 28.4. The molecule has 2 bridgehead atoms. The van der Waals surface area contributed by atoms with Crippen LogP contribution >= 0.6 is 0 Å². The molecule has 3 aliphatic carbocycles. The summed E-state index contributed by atoms with van der Waals surface area (Å²) in [7, 11) is -2.47. The van der Waals surface area contributed by atoms with Crippen molar-refractivity contribution in [2.45, 2.75) is 194 Å². The molecule has 0 saturated heterocycles. The van der Waals surface area contributed by atoms with Crippen LogP contribution in [0, 0.1) is 23.7 Å². The number of carbonyl (C=O) groups excluding carboxylic acids is 6. The molecule has 374 valence electrons. The van der Waals surface area contributed by atoms with Crippen LogP contribution in [0.25, 0.3) is 0 Å². The van der Waals surface area contributed by atoms with Crippen molar-refractivity contribution in [3.05, 3.63) is 35.1 Å². The highest BCUT2D eigenvalue weighted by Gasteiger charge is 2.74. The van der Waals surface area contributed by atoms with E-state index in [1.807, 2.05) is 33.8 Å². The van der Waals surface area contributed by atoms with E-state index in [0.717, 1.165) is 11.1 Å². The van der Waals surface area contributed by atoms with Crippen molar-refractivity contribution in [2.24, 2.45) is 23.7 Å². The maximum atomic E-state index is 14.7. The van der Waals surface area contributed by atoms with Crippen LogP contribution in [0.1, 0.15) is 140 Å². The molecular weight excluding hydrogens is 881 g/mol. The summed E-state index contributed by atoms with van der Waals surface area (Å²) < 4.78 is 49.0. The fraction of sp³-hybridized carbons (Fsp3) is 0.720. The number of alkyl carbamates (subject to hydrolysis) is 2. The highest BCUT2D eigenvalue weighted by Crippen LogP contribution is 2.70. The van der Waals surface area contributed by atoms with E-state index in [0.29, 0.717) is 30.8 Å². The second kappa shape index (κ2) is 19.7. The number of benzene rings is 1. The molecular formula is C50H76N2O14Si. The first kappa shape index (κ1) is 53.2. The minimum absolute atomic E-state index is 0.0126. The van der Waals surface area contributed by atoms with Gasteiger partial charge in [0.1, 0.15) is 40.4 Å². The lowest BCUT2D eigenvalue weighted by Crippen LogP contribution is -2.70. The molecule has 16 nitrogen and oxygen atoms in total. The number of rotatable bonds is 16. The summed E-state index contributed by atoms with van der Waals surface area (Å²) in [6, 6.07) is 1.12. The Balaban J connectivity index is 1.58. The van der Waals surface area contributed by atoms with E-state index in [9.17, 15) is 28.8 Å². The molecule has 1 spiro atoms. The summed E-state index contributed by atoms with van der Waals surface area (Å²) in [4.78, 5) is 81.7. The van der Waals surface area contributed by atoms with Crippen LogP contribution in [-0.4, -0.2) is 92.6 Å². The molecule has 1 unspecified atom stereocenters. The molecule has 67 heavy (non-hydrogen) atoms. The Morgan fingerprint density at radius 2 is 1.31 bits per heavy atom. The Kier molecular flexibility index (Phi) is 15.6. The maximum Gasteiger partial charge on any atom is 0.408 e. The summed E-state index contributed by atoms with van der Waals surface area (Å²) in [5.41, 5.74) is -2.36. The Hall–Kier alpha value is -4.80. The molecule has 1 aromatic carbocycles. The molecule has 0 aromatic heterocycles. The van der Waals surface area contributed by atoms with Crippen molar-refractivity contribution in [2.75, 3.05) is 13.2 Å². The molecule has 0 radical (unpaired) electrons. The van der Waals surface area contributed by atoms with E-state index in [1.165, 1.54) is 0 Å². The number of carbonyl (C=O) groups is 6. The van der Waals surface area contributed by atoms with Gasteiger partial charge in [-0.1, -0.05) is 61.5 Å². The second-order valence-corrected chi connectivity index (χ2v) is 27.8. The van der Waals surface area contributed by atoms with Crippen molar-refractivity contribution < 1.29 is 66.4 Å². The molecule has 7 atom stereocenters. The summed E-state index contributed by atoms with van der Waals surface area (Å²) in [6.45, 7) is 30.5. The smallest absolute Gasteiger partial charge is 0.408 e. The maximum absolute atomic E-state index is 14.7. The van der Waals surface area contributed by atoms with Crippen LogP contribution < -0.4 is 19.8 Å². The lowest BCUT2D eigenvalue weighted by atomic mass is 9.44. The fourth-order valence-corrected chi connectivity index (χ4v) is 10.2. The van der Waals surface area contributed by atoms with Gasteiger partial charge in [0, 0.05) is 17.9 Å². The monoisotopic (exact) mass is 957 g/mol. The van der Waals surface area contributed by atoms with Crippen LogP contribution in [0.4, 0.5) is 9.59 Å². The van der Waals surface area contributed by atoms with E-state index >= 15 is 0 Å². The van der Waals surface area contributed by atoms with Crippen LogP contribution in [0.5, 0.6) is 11.5 Å². The second-order valence-electron chi connectivity index (χ2n) is 23.1. The third kappa shape index (κ3) is 11.9. The summed E-state index contributed by atoms with van der Waals surface area (Å²) in [5, 5.41) is 4.86. The summed E-state index contributed by atoms with van der Waals surface area (Å²) in [5.74, 6) is -2.30. The quantitative estimate of drug-likeness (QED) is 0.0905. The fourth-order valence-electron chi connectivity index (χ4n) is 9.22. The Labute approximate surface area is 397 Å². The van der Waals surface area contributed by atoms with Gasteiger partial charge in [-0.3, -0.25) is 9.59 Å². The molecule has 1 aromatic rings. The van der Waals surface area contributed by atoms with Crippen LogP contribution in [-0.2, 0) is 59.4 Å². The van der Waals surface area contributed by atoms with E-state index in [1.54, 1.807) is 47.6 Å². The number of ether oxygens (including phenoxy) is 7. The molecule has 2 amide bonds. The van der Waals surface area contributed by atoms with Crippen LogP contribution in [0.2, 0.25) is 18.1 Å². The topological polar surface area (TPSA) is 200 Å². The lowest BCUT2D eigenvalue weighted by molar-refractivity contribution is -0.208. The average molecular weight is 957 g/mol. The third-order valence-corrected chi connectivity index (χ3v) is 17.5. The molecule has 2 N–H and O–H groups in total. The number of hydrogen-bond acceptors (Lipinski definition) is 14. The van der Waals surface area contributed by atoms with E-state index in [4.69, 9.17) is 37.6 Å². The minimum Gasteiger partial charge on any atom is -0.541 e. The van der Waals surface area contributed by atoms with Gasteiger partial charge < -0.3 is 48.2 Å². The van der Waals surface area contributed by atoms with Gasteiger partial charge in [0.25, 0.3) is 8.32 Å². The van der Waals surface area contributed by atoms with Crippen molar-refractivity contribution in [1.82, 2.24) is 10.6 Å². The zero-order chi connectivity index (χ0) is 50.2. The van der Waals surface area contributed by atoms with Gasteiger partial charge in [-0.25, -0.2) is 19.2 Å². The molecule has 1 saturated carbocycles. The van der Waals surface area contributed by atoms with Gasteiger partial charge >= 0.3 is 36.1 Å². The van der Waals surface area contributed by atoms with Gasteiger partial charge in [0.2, 0.25) is 0 Å². The van der Waals surface area contributed by atoms with Gasteiger partial charge in [-0.2, -0.15) is 0 Å². The predicted octanol–water partition coefficient (Wildman–Crippen LogP) is 8.75. The van der Waals surface area contributed by atoms with Gasteiger partial charge in [0.15, 0.2) is 11.9 Å². The van der Waals surface area contributed by atoms with Crippen molar-refractivity contribution in [3.8, 4) is 11.5 Å². The van der Waals surface area contributed by atoms with Gasteiger partial charge in [-0.05, 0) is 114 Å². The number of nitrogens with one attached hydrogen (secondary N) is 2. The predicted molar refractivity (Wildman–Crippen MR) is 251 cm³/mol. The zero-order valence-electron chi connectivity index (χ0n) is 42.6.